The molecule has 7 nitrogen and oxygen atoms in total. The van der Waals surface area contributed by atoms with Crippen LogP contribution in [0.5, 0.6) is 11.5 Å². The molecule has 1 atom stereocenters. The number of carbonyl (C=O) groups excluding carboxylic acids is 1. The molecule has 29 heavy (non-hydrogen) atoms. The van der Waals surface area contributed by atoms with Crippen LogP contribution in [-0.2, 0) is 4.84 Å². The van der Waals surface area contributed by atoms with E-state index in [-0.39, 0.29) is 25.3 Å². The molecule has 0 bridgehead atoms. The Kier molecular flexibility index (Phi) is 5.15. The monoisotopic (exact) mass is 396 g/mol. The van der Waals surface area contributed by atoms with Crippen LogP contribution in [0.3, 0.4) is 0 Å². The molecule has 1 saturated heterocycles. The van der Waals surface area contributed by atoms with Crippen molar-refractivity contribution in [3.05, 3.63) is 47.0 Å². The molecular weight excluding hydrogens is 372 g/mol. The van der Waals surface area contributed by atoms with E-state index >= 15 is 0 Å². The number of aliphatic hydroxyl groups excluding tert-OH is 1. The molecule has 0 saturated carbocycles. The number of oxime groups is 1. The number of hydrogen-bond donors (Lipinski definition) is 1. The van der Waals surface area contributed by atoms with Crippen molar-refractivity contribution in [2.45, 2.75) is 26.3 Å². The summed E-state index contributed by atoms with van der Waals surface area (Å²) in [7, 11) is 1.47. The summed E-state index contributed by atoms with van der Waals surface area (Å²) >= 11 is 0. The molecule has 152 valence electrons. The van der Waals surface area contributed by atoms with Crippen molar-refractivity contribution >= 4 is 11.6 Å². The van der Waals surface area contributed by atoms with Gasteiger partial charge >= 0.3 is 0 Å². The zero-order valence-corrected chi connectivity index (χ0v) is 16.8. The van der Waals surface area contributed by atoms with E-state index in [2.05, 4.69) is 25.1 Å². The van der Waals surface area contributed by atoms with Crippen LogP contribution in [0.15, 0.2) is 35.5 Å². The highest BCUT2D eigenvalue weighted by Gasteiger charge is 2.36. The van der Waals surface area contributed by atoms with Crippen molar-refractivity contribution in [1.82, 2.24) is 4.90 Å². The van der Waals surface area contributed by atoms with Crippen molar-refractivity contribution in [2.75, 3.05) is 27.1 Å². The minimum absolute atomic E-state index is 0.0668. The molecule has 1 N–H and O–H groups in total. The molecule has 2 aliphatic heterocycles. The summed E-state index contributed by atoms with van der Waals surface area (Å²) in [6, 6.07) is 9.44. The first-order valence-corrected chi connectivity index (χ1v) is 9.55. The van der Waals surface area contributed by atoms with Crippen LogP contribution in [0.25, 0.3) is 11.1 Å². The molecule has 1 amide bonds. The van der Waals surface area contributed by atoms with Crippen molar-refractivity contribution in [3.8, 4) is 22.6 Å². The van der Waals surface area contributed by atoms with E-state index in [9.17, 15) is 9.90 Å². The van der Waals surface area contributed by atoms with Crippen molar-refractivity contribution in [1.29, 1.82) is 0 Å². The highest BCUT2D eigenvalue weighted by Crippen LogP contribution is 2.45. The Bertz CT molecular complexity index is 985. The number of ether oxygens (including phenoxy) is 2. The summed E-state index contributed by atoms with van der Waals surface area (Å²) in [5.41, 5.74) is 5.43. The first kappa shape index (κ1) is 19.3. The van der Waals surface area contributed by atoms with E-state index in [1.54, 1.807) is 11.0 Å². The summed E-state index contributed by atoms with van der Waals surface area (Å²) in [5, 5.41) is 13.7. The Morgan fingerprint density at radius 3 is 2.76 bits per heavy atom. The van der Waals surface area contributed by atoms with Crippen LogP contribution < -0.4 is 9.47 Å². The Morgan fingerprint density at radius 2 is 2.00 bits per heavy atom. The standard InChI is InChI=1S/C22H24N2O5/c1-13-5-4-6-17(14(13)2)18-7-8-19(21-20(18)28-12-29-21)22(26)24-10-15(23-27-3)9-16(24)11-25/h4-8,16,25H,9-12H2,1-3H3/b23-15+. The minimum Gasteiger partial charge on any atom is -0.453 e. The van der Waals surface area contributed by atoms with Gasteiger partial charge in [0.05, 0.1) is 30.5 Å². The van der Waals surface area contributed by atoms with Crippen LogP contribution in [0.4, 0.5) is 0 Å². The van der Waals surface area contributed by atoms with Gasteiger partial charge in [-0.05, 0) is 42.7 Å². The first-order valence-electron chi connectivity index (χ1n) is 9.55. The van der Waals surface area contributed by atoms with Gasteiger partial charge < -0.3 is 24.3 Å². The molecule has 4 rings (SSSR count). The molecule has 2 aromatic rings. The minimum atomic E-state index is -0.340. The van der Waals surface area contributed by atoms with Gasteiger partial charge in [-0.25, -0.2) is 0 Å². The Hall–Kier alpha value is -3.06. The SMILES string of the molecule is CO/N=C1\CC(CO)N(C(=O)c2ccc(-c3cccc(C)c3C)c3c2OCO3)C1. The van der Waals surface area contributed by atoms with Crippen LogP contribution >= 0.6 is 0 Å². The fourth-order valence-electron chi connectivity index (χ4n) is 3.94. The van der Waals surface area contributed by atoms with E-state index in [1.807, 2.05) is 18.2 Å². The summed E-state index contributed by atoms with van der Waals surface area (Å²) in [6.45, 7) is 4.37. The predicted octanol–water partition coefficient (Wildman–Crippen LogP) is 2.91. The third kappa shape index (κ3) is 3.31. The number of benzene rings is 2. The van der Waals surface area contributed by atoms with Gasteiger partial charge in [0.15, 0.2) is 11.5 Å². The summed E-state index contributed by atoms with van der Waals surface area (Å²) in [4.78, 5) is 19.7. The highest BCUT2D eigenvalue weighted by atomic mass is 16.7. The van der Waals surface area contributed by atoms with Gasteiger partial charge in [-0.2, -0.15) is 0 Å². The number of amides is 1. The smallest absolute Gasteiger partial charge is 0.258 e. The maximum Gasteiger partial charge on any atom is 0.258 e. The number of aryl methyl sites for hydroxylation is 1. The average Bonchev–Trinajstić information content (AvgIpc) is 3.36. The number of carbonyl (C=O) groups is 1. The largest absolute Gasteiger partial charge is 0.453 e. The topological polar surface area (TPSA) is 80.6 Å². The van der Waals surface area contributed by atoms with Crippen LogP contribution in [-0.4, -0.2) is 54.7 Å². The zero-order valence-electron chi connectivity index (χ0n) is 16.8. The lowest BCUT2D eigenvalue weighted by Gasteiger charge is -2.23. The molecule has 1 fully saturated rings. The van der Waals surface area contributed by atoms with Crippen molar-refractivity contribution < 1.29 is 24.2 Å². The van der Waals surface area contributed by atoms with E-state index in [0.29, 0.717) is 30.0 Å². The van der Waals surface area contributed by atoms with Gasteiger partial charge in [-0.15, -0.1) is 0 Å². The molecule has 7 heteroatoms. The number of fused-ring (bicyclic) bond motifs is 1. The lowest BCUT2D eigenvalue weighted by atomic mass is 9.95. The fourth-order valence-corrected chi connectivity index (χ4v) is 3.94. The third-order valence-electron chi connectivity index (χ3n) is 5.60. The molecule has 2 aromatic carbocycles. The van der Waals surface area contributed by atoms with Gasteiger partial charge in [0.1, 0.15) is 7.11 Å². The second-order valence-electron chi connectivity index (χ2n) is 7.29. The Morgan fingerprint density at radius 1 is 1.21 bits per heavy atom. The lowest BCUT2D eigenvalue weighted by molar-refractivity contribution is 0.0675. The number of aliphatic hydroxyl groups is 1. The molecule has 2 heterocycles. The molecule has 0 radical (unpaired) electrons. The predicted molar refractivity (Wildman–Crippen MR) is 108 cm³/mol. The summed E-state index contributed by atoms with van der Waals surface area (Å²) in [6.07, 6.45) is 0.482. The molecule has 0 aliphatic carbocycles. The van der Waals surface area contributed by atoms with Gasteiger partial charge in [-0.1, -0.05) is 23.4 Å². The number of nitrogens with zero attached hydrogens (tertiary/aromatic N) is 2. The number of rotatable bonds is 4. The van der Waals surface area contributed by atoms with Crippen LogP contribution in [0.2, 0.25) is 0 Å². The van der Waals surface area contributed by atoms with E-state index in [4.69, 9.17) is 14.3 Å². The lowest BCUT2D eigenvalue weighted by Crippen LogP contribution is -2.38. The average molecular weight is 396 g/mol. The molecule has 2 aliphatic rings. The fraction of sp³-hybridized carbons (Fsp3) is 0.364. The van der Waals surface area contributed by atoms with Crippen LogP contribution in [0.1, 0.15) is 27.9 Å². The quantitative estimate of drug-likeness (QED) is 0.804. The van der Waals surface area contributed by atoms with Gasteiger partial charge in [-0.3, -0.25) is 4.79 Å². The molecular formula is C22H24N2O5. The Labute approximate surface area is 169 Å². The van der Waals surface area contributed by atoms with Gasteiger partial charge in [0.2, 0.25) is 6.79 Å². The maximum atomic E-state index is 13.3. The highest BCUT2D eigenvalue weighted by molar-refractivity contribution is 6.03. The molecule has 0 spiro atoms. The first-order chi connectivity index (χ1) is 14.0. The van der Waals surface area contributed by atoms with Crippen molar-refractivity contribution in [2.24, 2.45) is 5.16 Å². The zero-order chi connectivity index (χ0) is 20.5. The number of likely N-dealkylation sites (tertiary alicyclic amines) is 1. The third-order valence-corrected chi connectivity index (χ3v) is 5.60. The van der Waals surface area contributed by atoms with Crippen molar-refractivity contribution in [3.63, 3.8) is 0 Å². The summed E-state index contributed by atoms with van der Waals surface area (Å²) in [5.74, 6) is 0.803. The second kappa shape index (κ2) is 7.75. The second-order valence-corrected chi connectivity index (χ2v) is 7.29. The van der Waals surface area contributed by atoms with Crippen LogP contribution in [0, 0.1) is 13.8 Å². The Balaban J connectivity index is 1.73. The number of hydrogen-bond acceptors (Lipinski definition) is 6. The van der Waals surface area contributed by atoms with E-state index < -0.39 is 0 Å². The van der Waals surface area contributed by atoms with Gasteiger partial charge in [0.25, 0.3) is 5.91 Å². The molecule has 0 aromatic heterocycles. The maximum absolute atomic E-state index is 13.3. The normalized spacial score (nSPS) is 19.1. The van der Waals surface area contributed by atoms with E-state index in [1.165, 1.54) is 12.7 Å². The molecule has 1 unspecified atom stereocenters. The summed E-state index contributed by atoms with van der Waals surface area (Å²) < 4.78 is 11.5. The van der Waals surface area contributed by atoms with E-state index in [0.717, 1.165) is 22.4 Å². The van der Waals surface area contributed by atoms with Gasteiger partial charge in [0, 0.05) is 12.0 Å².